The summed E-state index contributed by atoms with van der Waals surface area (Å²) in [6.45, 7) is 3.62. The topological polar surface area (TPSA) is 208 Å². The summed E-state index contributed by atoms with van der Waals surface area (Å²) in [6, 6.07) is 10.4. The summed E-state index contributed by atoms with van der Waals surface area (Å²) in [5.74, 6) is -4.75. The third-order valence-electron chi connectivity index (χ3n) is 6.25. The molecule has 12 heteroatoms. The summed E-state index contributed by atoms with van der Waals surface area (Å²) in [7, 11) is 0. The fourth-order valence-electron chi connectivity index (χ4n) is 4.09. The smallest absolute Gasteiger partial charge is 0.326 e. The van der Waals surface area contributed by atoms with Gasteiger partial charge in [-0.15, -0.1) is 0 Å². The van der Waals surface area contributed by atoms with Crippen LogP contribution in [0.5, 0.6) is 5.75 Å². The Kier molecular flexibility index (Phi) is 12.8. The lowest BCUT2D eigenvalue weighted by molar-refractivity contribution is -0.143. The lowest BCUT2D eigenvalue weighted by atomic mass is 10.00. The van der Waals surface area contributed by atoms with Crippen molar-refractivity contribution >= 4 is 29.7 Å². The van der Waals surface area contributed by atoms with Crippen molar-refractivity contribution in [1.29, 1.82) is 0 Å². The van der Waals surface area contributed by atoms with Crippen LogP contribution < -0.4 is 21.7 Å². The normalized spacial score (nSPS) is 13.9. The average molecular weight is 571 g/mol. The van der Waals surface area contributed by atoms with E-state index in [-0.39, 0.29) is 37.4 Å². The molecule has 0 aromatic heterocycles. The zero-order valence-electron chi connectivity index (χ0n) is 23.1. The van der Waals surface area contributed by atoms with Gasteiger partial charge in [0.15, 0.2) is 0 Å². The third kappa shape index (κ3) is 11.7. The van der Waals surface area contributed by atoms with E-state index in [1.54, 1.807) is 12.1 Å². The molecule has 3 amide bonds. The van der Waals surface area contributed by atoms with Crippen LogP contribution in [0.4, 0.5) is 0 Å². The Labute approximate surface area is 238 Å². The van der Waals surface area contributed by atoms with E-state index in [4.69, 9.17) is 10.8 Å². The number of carbonyl (C=O) groups excluding carboxylic acids is 3. The van der Waals surface area contributed by atoms with E-state index in [1.807, 2.05) is 44.2 Å². The molecule has 0 saturated heterocycles. The van der Waals surface area contributed by atoms with Crippen LogP contribution in [0.3, 0.4) is 0 Å². The van der Waals surface area contributed by atoms with E-state index in [9.17, 15) is 34.2 Å². The number of nitrogens with two attached hydrogens (primary N) is 1. The number of phenolic OH excluding ortho intramolecular Hbond substituents is 1. The van der Waals surface area contributed by atoms with E-state index in [2.05, 4.69) is 16.0 Å². The number of nitrogens with one attached hydrogen (secondary N) is 3. The maximum atomic E-state index is 13.5. The number of carboxylic acids is 2. The van der Waals surface area contributed by atoms with Gasteiger partial charge in [0.1, 0.15) is 23.9 Å². The Morgan fingerprint density at radius 1 is 0.732 bits per heavy atom. The molecular weight excluding hydrogens is 532 g/mol. The average Bonchev–Trinajstić information content (AvgIpc) is 2.91. The molecular formula is C29H38N4O8. The van der Waals surface area contributed by atoms with Crippen molar-refractivity contribution < 1.29 is 39.3 Å². The van der Waals surface area contributed by atoms with Crippen LogP contribution in [0.1, 0.15) is 44.2 Å². The van der Waals surface area contributed by atoms with Crippen molar-refractivity contribution in [3.63, 3.8) is 0 Å². The fraction of sp³-hybridized carbons (Fsp3) is 0.414. The summed E-state index contributed by atoms with van der Waals surface area (Å²) in [5, 5.41) is 35.5. The van der Waals surface area contributed by atoms with Crippen LogP contribution in [0.15, 0.2) is 54.6 Å². The first-order chi connectivity index (χ1) is 19.3. The Bertz CT molecular complexity index is 1190. The molecule has 0 aliphatic carbocycles. The summed E-state index contributed by atoms with van der Waals surface area (Å²) in [5.41, 5.74) is 7.57. The van der Waals surface area contributed by atoms with Gasteiger partial charge in [-0.3, -0.25) is 19.2 Å². The minimum Gasteiger partial charge on any atom is -0.508 e. The number of carbonyl (C=O) groups is 5. The van der Waals surface area contributed by atoms with E-state index in [1.165, 1.54) is 12.1 Å². The molecule has 41 heavy (non-hydrogen) atoms. The quantitative estimate of drug-likeness (QED) is 0.153. The van der Waals surface area contributed by atoms with Crippen LogP contribution in [-0.4, -0.2) is 69.1 Å². The molecule has 0 heterocycles. The highest BCUT2D eigenvalue weighted by molar-refractivity contribution is 5.94. The molecule has 222 valence electrons. The SMILES string of the molecule is CC(C)CC(NC(=O)C(Cc1ccc(O)cc1)NC(=O)C(N)Cc1ccccc1)C(=O)NC(CCC(=O)O)C(=O)O. The largest absolute Gasteiger partial charge is 0.508 e. The number of aromatic hydroxyl groups is 1. The van der Waals surface area contributed by atoms with Gasteiger partial charge in [0.05, 0.1) is 6.04 Å². The summed E-state index contributed by atoms with van der Waals surface area (Å²) in [6.07, 6.45) is -0.413. The van der Waals surface area contributed by atoms with E-state index >= 15 is 0 Å². The Morgan fingerprint density at radius 3 is 1.83 bits per heavy atom. The maximum Gasteiger partial charge on any atom is 0.326 e. The number of hydrogen-bond donors (Lipinski definition) is 7. The second-order valence-electron chi connectivity index (χ2n) is 10.3. The van der Waals surface area contributed by atoms with Crippen molar-refractivity contribution in [2.24, 2.45) is 11.7 Å². The first-order valence-electron chi connectivity index (χ1n) is 13.3. The first-order valence-corrected chi connectivity index (χ1v) is 13.3. The van der Waals surface area contributed by atoms with E-state index in [0.717, 1.165) is 5.56 Å². The molecule has 0 aliphatic heterocycles. The van der Waals surface area contributed by atoms with Crippen LogP contribution in [0, 0.1) is 5.92 Å². The molecule has 0 radical (unpaired) electrons. The molecule has 12 nitrogen and oxygen atoms in total. The first kappa shape index (κ1) is 32.8. The maximum absolute atomic E-state index is 13.5. The molecule has 2 aromatic carbocycles. The Hall–Kier alpha value is -4.45. The highest BCUT2D eigenvalue weighted by Crippen LogP contribution is 2.13. The van der Waals surface area contributed by atoms with Crippen LogP contribution in [0.2, 0.25) is 0 Å². The van der Waals surface area contributed by atoms with E-state index < -0.39 is 60.2 Å². The molecule has 0 fully saturated rings. The molecule has 0 aliphatic rings. The Morgan fingerprint density at radius 2 is 1.27 bits per heavy atom. The third-order valence-corrected chi connectivity index (χ3v) is 6.25. The zero-order chi connectivity index (χ0) is 30.5. The van der Waals surface area contributed by atoms with Crippen molar-refractivity contribution in [2.45, 2.75) is 70.1 Å². The predicted octanol–water partition coefficient (Wildman–Crippen LogP) is 0.955. The number of rotatable bonds is 16. The van der Waals surface area contributed by atoms with Crippen molar-refractivity contribution in [3.05, 3.63) is 65.7 Å². The standard InChI is InChI=1S/C29H38N4O8/c1-17(2)14-23(27(38)31-22(29(40)41)12-13-25(35)36)33-28(39)24(16-19-8-10-20(34)11-9-19)32-26(37)21(30)15-18-6-4-3-5-7-18/h3-11,17,21-24,34H,12-16,30H2,1-2H3,(H,31,38)(H,32,37)(H,33,39)(H,35,36)(H,40,41). The van der Waals surface area contributed by atoms with Crippen molar-refractivity contribution in [2.75, 3.05) is 0 Å². The van der Waals surface area contributed by atoms with Gasteiger partial charge in [-0.25, -0.2) is 4.79 Å². The molecule has 0 saturated carbocycles. The highest BCUT2D eigenvalue weighted by atomic mass is 16.4. The number of hydrogen-bond acceptors (Lipinski definition) is 7. The van der Waals surface area contributed by atoms with Gasteiger partial charge in [-0.1, -0.05) is 56.3 Å². The van der Waals surface area contributed by atoms with Gasteiger partial charge in [0, 0.05) is 12.8 Å². The van der Waals surface area contributed by atoms with E-state index in [0.29, 0.717) is 5.56 Å². The lowest BCUT2D eigenvalue weighted by Crippen LogP contribution is -2.58. The van der Waals surface area contributed by atoms with Crippen molar-refractivity contribution in [3.8, 4) is 5.75 Å². The minimum absolute atomic E-state index is 0.0162. The molecule has 8 N–H and O–H groups in total. The molecule has 2 aromatic rings. The number of carboxylic acid groups (broad SMARTS) is 2. The minimum atomic E-state index is -1.46. The van der Waals surface area contributed by atoms with Gasteiger partial charge >= 0.3 is 11.9 Å². The van der Waals surface area contributed by atoms with Gasteiger partial charge in [-0.2, -0.15) is 0 Å². The molecule has 4 atom stereocenters. The Balaban J connectivity index is 2.23. The van der Waals surface area contributed by atoms with Gasteiger partial charge in [0.25, 0.3) is 0 Å². The van der Waals surface area contributed by atoms with Gasteiger partial charge in [0.2, 0.25) is 17.7 Å². The summed E-state index contributed by atoms with van der Waals surface area (Å²) >= 11 is 0. The number of benzene rings is 2. The van der Waals surface area contributed by atoms with Crippen LogP contribution >= 0.6 is 0 Å². The predicted molar refractivity (Wildman–Crippen MR) is 150 cm³/mol. The summed E-state index contributed by atoms with van der Waals surface area (Å²) < 4.78 is 0. The number of amides is 3. The van der Waals surface area contributed by atoms with Crippen LogP contribution in [-0.2, 0) is 36.8 Å². The summed E-state index contributed by atoms with van der Waals surface area (Å²) in [4.78, 5) is 62.0. The highest BCUT2D eigenvalue weighted by Gasteiger charge is 2.31. The zero-order valence-corrected chi connectivity index (χ0v) is 23.1. The molecule has 0 bridgehead atoms. The van der Waals surface area contributed by atoms with Crippen molar-refractivity contribution in [1.82, 2.24) is 16.0 Å². The monoisotopic (exact) mass is 570 g/mol. The molecule has 0 spiro atoms. The number of phenols is 1. The van der Waals surface area contributed by atoms with Gasteiger partial charge < -0.3 is 37.0 Å². The van der Waals surface area contributed by atoms with Gasteiger partial charge in [-0.05, 0) is 48.4 Å². The lowest BCUT2D eigenvalue weighted by Gasteiger charge is -2.26. The fourth-order valence-corrected chi connectivity index (χ4v) is 4.09. The molecule has 4 unspecified atom stereocenters. The number of aliphatic carboxylic acids is 2. The molecule has 2 rings (SSSR count). The van der Waals surface area contributed by atoms with Crippen LogP contribution in [0.25, 0.3) is 0 Å². The second-order valence-corrected chi connectivity index (χ2v) is 10.3. The second kappa shape index (κ2) is 16.0.